The number of likely N-dealkylation sites (tertiary alicyclic amines) is 2. The summed E-state index contributed by atoms with van der Waals surface area (Å²) in [6, 6.07) is 17.6. The van der Waals surface area contributed by atoms with Crippen molar-refractivity contribution < 1.29 is 27.8 Å². The smallest absolute Gasteiger partial charge is 0.274 e. The maximum absolute atomic E-state index is 16.1. The van der Waals surface area contributed by atoms with Crippen molar-refractivity contribution in [1.29, 1.82) is 0 Å². The molecule has 5 N–H and O–H groups in total. The first-order chi connectivity index (χ1) is 31.4. The third kappa shape index (κ3) is 9.13. The van der Waals surface area contributed by atoms with Gasteiger partial charge in [-0.1, -0.05) is 12.1 Å². The number of carbonyl (C=O) groups is 2. The minimum atomic E-state index is -1.37. The van der Waals surface area contributed by atoms with Gasteiger partial charge in [0.25, 0.3) is 11.8 Å². The monoisotopic (exact) mass is 920 g/mol. The van der Waals surface area contributed by atoms with Gasteiger partial charge in [-0.05, 0) is 79.9 Å². The first-order valence-electron chi connectivity index (χ1n) is 21.0. The highest BCUT2D eigenvalue weighted by molar-refractivity contribution is 7.23. The van der Waals surface area contributed by atoms with E-state index in [0.717, 1.165) is 16.3 Å². The second-order valence-corrected chi connectivity index (χ2v) is 18.1. The molecule has 2 amide bonds. The number of benzene rings is 1. The molecule has 0 aliphatic carbocycles. The number of amides is 2. The molecule has 2 aliphatic heterocycles. The highest BCUT2D eigenvalue weighted by Gasteiger charge is 2.38. The van der Waals surface area contributed by atoms with Crippen molar-refractivity contribution in [2.24, 2.45) is 0 Å². The number of pyridine rings is 2. The van der Waals surface area contributed by atoms with Gasteiger partial charge in [-0.2, -0.15) is 0 Å². The summed E-state index contributed by atoms with van der Waals surface area (Å²) in [7, 11) is 3.16. The van der Waals surface area contributed by atoms with E-state index < -0.39 is 30.2 Å². The molecule has 1 aromatic carbocycles. The summed E-state index contributed by atoms with van der Waals surface area (Å²) in [6.07, 6.45) is 1.10. The first kappa shape index (κ1) is 43.5. The van der Waals surface area contributed by atoms with Crippen molar-refractivity contribution in [2.45, 2.75) is 57.2 Å². The second kappa shape index (κ2) is 18.4. The Morgan fingerprint density at radius 3 is 2.17 bits per heavy atom. The van der Waals surface area contributed by atoms with Gasteiger partial charge in [0.15, 0.2) is 22.9 Å². The lowest BCUT2D eigenvalue weighted by Gasteiger charge is -2.19. The van der Waals surface area contributed by atoms with Crippen molar-refractivity contribution in [3.05, 3.63) is 107 Å². The van der Waals surface area contributed by atoms with E-state index in [4.69, 9.17) is 25.2 Å². The Morgan fingerprint density at radius 1 is 0.785 bits per heavy atom. The Bertz CT molecular complexity index is 2890. The van der Waals surface area contributed by atoms with Gasteiger partial charge in [-0.15, -0.1) is 22.7 Å². The molecule has 336 valence electrons. The van der Waals surface area contributed by atoms with Gasteiger partial charge in [0.1, 0.15) is 12.3 Å². The number of nitrogens with zero attached hydrogens (tertiary/aromatic N) is 8. The quantitative estimate of drug-likeness (QED) is 0.0824. The zero-order valence-corrected chi connectivity index (χ0v) is 37.6. The molecule has 6 aromatic heterocycles. The van der Waals surface area contributed by atoms with Gasteiger partial charge in [-0.25, -0.2) is 28.7 Å². The fourth-order valence-electron chi connectivity index (χ4n) is 8.11. The van der Waals surface area contributed by atoms with Crippen LogP contribution in [0, 0.1) is 0 Å². The molecule has 2 fully saturated rings. The molecule has 16 nitrogen and oxygen atoms in total. The van der Waals surface area contributed by atoms with Crippen LogP contribution >= 0.6 is 22.7 Å². The van der Waals surface area contributed by atoms with Crippen LogP contribution in [0.15, 0.2) is 73.1 Å². The fourth-order valence-corrected chi connectivity index (χ4v) is 9.93. The van der Waals surface area contributed by atoms with Crippen molar-refractivity contribution >= 4 is 76.8 Å². The van der Waals surface area contributed by atoms with Gasteiger partial charge in [0.2, 0.25) is 11.9 Å². The lowest BCUT2D eigenvalue weighted by Crippen LogP contribution is -2.30. The Morgan fingerprint density at radius 2 is 1.48 bits per heavy atom. The molecule has 2 saturated heterocycles. The third-order valence-corrected chi connectivity index (χ3v) is 13.6. The van der Waals surface area contributed by atoms with E-state index in [0.29, 0.717) is 54.7 Å². The van der Waals surface area contributed by atoms with E-state index in [9.17, 15) is 14.0 Å². The lowest BCUT2D eigenvalue weighted by atomic mass is 9.96. The van der Waals surface area contributed by atoms with Crippen molar-refractivity contribution in [3.8, 4) is 11.5 Å². The van der Waals surface area contributed by atoms with Crippen LogP contribution in [0.4, 0.5) is 30.7 Å². The van der Waals surface area contributed by atoms with Gasteiger partial charge in [-0.3, -0.25) is 19.6 Å². The number of aromatic nitrogens is 6. The minimum absolute atomic E-state index is 0.00792. The number of nitrogen functional groups attached to an aromatic ring is 1. The normalized spacial score (nSPS) is 18.2. The number of fused-ring (bicyclic) bond motifs is 2. The van der Waals surface area contributed by atoms with E-state index in [1.54, 1.807) is 38.7 Å². The summed E-state index contributed by atoms with van der Waals surface area (Å²) in [4.78, 5) is 58.8. The Kier molecular flexibility index (Phi) is 12.3. The number of rotatable bonds is 14. The number of hydrogen-bond donors (Lipinski definition) is 4. The molecule has 8 heterocycles. The highest BCUT2D eigenvalue weighted by Crippen LogP contribution is 2.37. The van der Waals surface area contributed by atoms with Crippen LogP contribution in [-0.2, 0) is 6.54 Å². The van der Waals surface area contributed by atoms with Crippen molar-refractivity contribution in [1.82, 2.24) is 39.7 Å². The number of carbonyl (C=O) groups excluding carboxylic acids is 2. The number of alkyl halides is 2. The molecule has 7 aromatic rings. The summed E-state index contributed by atoms with van der Waals surface area (Å²) in [5, 5.41) is 11.2. The number of halogens is 2. The molecule has 0 bridgehead atoms. The number of ether oxygens (including phenoxy) is 2. The zero-order valence-electron chi connectivity index (χ0n) is 35.9. The second-order valence-electron chi connectivity index (χ2n) is 16.0. The average Bonchev–Trinajstić information content (AvgIpc) is 4.13. The molecule has 0 spiro atoms. The first-order valence-corrected chi connectivity index (χ1v) is 22.7. The molecule has 2 aliphatic rings. The molecule has 0 saturated carbocycles. The zero-order chi connectivity index (χ0) is 45.4. The van der Waals surface area contributed by atoms with Crippen LogP contribution in [0.1, 0.15) is 81.8 Å². The molecule has 5 atom stereocenters. The van der Waals surface area contributed by atoms with Crippen LogP contribution in [0.3, 0.4) is 0 Å². The van der Waals surface area contributed by atoms with Crippen LogP contribution in [0.25, 0.3) is 20.4 Å². The molecular formula is C45H46F2N12O4S2. The predicted octanol–water partition coefficient (Wildman–Crippen LogP) is 7.81. The number of hydrogen-bond acceptors (Lipinski definition) is 16. The maximum Gasteiger partial charge on any atom is 0.274 e. The lowest BCUT2D eigenvalue weighted by molar-refractivity contribution is 0.0772. The Hall–Kier alpha value is -6.80. The van der Waals surface area contributed by atoms with E-state index in [-0.39, 0.29) is 67.8 Å². The van der Waals surface area contributed by atoms with Crippen LogP contribution < -0.4 is 31.2 Å². The van der Waals surface area contributed by atoms with E-state index in [2.05, 4.69) is 35.9 Å². The number of methoxy groups -OCH3 is 2. The summed E-state index contributed by atoms with van der Waals surface area (Å²) in [5.74, 6) is 0.179. The van der Waals surface area contributed by atoms with Crippen LogP contribution in [0.5, 0.6) is 11.5 Å². The topological polar surface area (TPSA) is 199 Å². The Labute approximate surface area is 380 Å². The molecule has 5 unspecified atom stereocenters. The summed E-state index contributed by atoms with van der Waals surface area (Å²) in [6.45, 7) is 4.48. The average molecular weight is 921 g/mol. The van der Waals surface area contributed by atoms with Crippen molar-refractivity contribution in [3.63, 3.8) is 0 Å². The molecule has 0 radical (unpaired) electrons. The number of thiophene rings is 2. The SMILES string of the molecule is COc1ccc(CNc2cc3nc(NC(C)c4cc(C5CN(C(=O)c6nc(NC(C)c7ccccn7)nc7cc(N)sc67)CC5F)ccn4)nc(C(=O)N4CCC(F)C4)c3s2)cc1OC. The van der Waals surface area contributed by atoms with Gasteiger partial charge < -0.3 is 41.0 Å². The molecule has 65 heavy (non-hydrogen) atoms. The van der Waals surface area contributed by atoms with Gasteiger partial charge in [0.05, 0.1) is 81.2 Å². The molecular weight excluding hydrogens is 875 g/mol. The highest BCUT2D eigenvalue weighted by atomic mass is 32.1. The third-order valence-electron chi connectivity index (χ3n) is 11.5. The standard InChI is InChI=1S/C45H46F2N12O4S2/c1-23(30-7-5-6-12-49-30)52-44-54-32-17-36(48)64-40(32)38(56-44)43(61)59-21-28(29(47)22-59)26-10-13-50-31(16-26)24(2)53-45-55-33-18-37(51-19-25-8-9-34(62-3)35(15-25)63-4)65-41(33)39(57-45)42(60)58-14-11-27(46)20-58/h5-10,12-13,15-18,23-24,27-29,51H,11,14,19-22,48H2,1-4H3,(H,52,54,56)(H,53,55,57). The molecule has 9 rings (SSSR count). The van der Waals surface area contributed by atoms with Crippen LogP contribution in [-0.4, -0.2) is 104 Å². The number of nitrogens with one attached hydrogen (secondary N) is 3. The largest absolute Gasteiger partial charge is 0.493 e. The number of nitrogens with two attached hydrogens (primary N) is 1. The fraction of sp³-hybridized carbons (Fsp3) is 0.333. The Balaban J connectivity index is 0.932. The summed E-state index contributed by atoms with van der Waals surface area (Å²) < 4.78 is 42.3. The summed E-state index contributed by atoms with van der Waals surface area (Å²) in [5.41, 5.74) is 10.5. The van der Waals surface area contributed by atoms with E-state index in [1.165, 1.54) is 32.5 Å². The van der Waals surface area contributed by atoms with Crippen LogP contribution in [0.2, 0.25) is 0 Å². The van der Waals surface area contributed by atoms with Gasteiger partial charge in [0, 0.05) is 37.9 Å². The predicted molar refractivity (Wildman–Crippen MR) is 248 cm³/mol. The van der Waals surface area contributed by atoms with E-state index >= 15 is 4.39 Å². The number of anilines is 4. The van der Waals surface area contributed by atoms with Gasteiger partial charge >= 0.3 is 0 Å². The maximum atomic E-state index is 16.1. The summed E-state index contributed by atoms with van der Waals surface area (Å²) >= 11 is 2.55. The molecule has 20 heteroatoms. The minimum Gasteiger partial charge on any atom is -0.493 e. The van der Waals surface area contributed by atoms with E-state index in [1.807, 2.05) is 62.4 Å². The van der Waals surface area contributed by atoms with Crippen molar-refractivity contribution in [2.75, 3.05) is 62.1 Å².